The lowest BCUT2D eigenvalue weighted by Crippen LogP contribution is -2.46. The third kappa shape index (κ3) is 8.15. The van der Waals surface area contributed by atoms with Gasteiger partial charge in [0.05, 0.1) is 25.6 Å². The Labute approximate surface area is 299 Å². The molecule has 24 heteroatoms. The molecular formula is C29H36N7O15P2+. The number of amides is 2. The van der Waals surface area contributed by atoms with Gasteiger partial charge in [0.1, 0.15) is 42.4 Å². The van der Waals surface area contributed by atoms with E-state index in [1.807, 2.05) is 0 Å². The molecule has 3 aromatic rings. The first-order valence-electron chi connectivity index (χ1n) is 15.9. The van der Waals surface area contributed by atoms with Gasteiger partial charge < -0.3 is 45.4 Å². The Hall–Kier alpha value is -3.86. The summed E-state index contributed by atoms with van der Waals surface area (Å²) in [6, 6.07) is 2.40. The highest BCUT2D eigenvalue weighted by Crippen LogP contribution is 2.60. The molecule has 6 rings (SSSR count). The largest absolute Gasteiger partial charge is 0.481 e. The summed E-state index contributed by atoms with van der Waals surface area (Å²) in [5.74, 6) is -0.840. The summed E-state index contributed by atoms with van der Waals surface area (Å²) in [6.07, 6.45) is 0.149. The van der Waals surface area contributed by atoms with Crippen molar-refractivity contribution in [3.05, 3.63) is 67.0 Å². The van der Waals surface area contributed by atoms with Gasteiger partial charge in [0.15, 0.2) is 41.7 Å². The first-order chi connectivity index (χ1) is 25.1. The molecule has 2 fully saturated rings. The SMILES string of the molecule is CCC(=O)N(c1ncnc2c1ncn2[C@@H]1O[C@H](COP(=O)(O)OP(=O)(O)OC[C@H]2O[C@@H]([n+]3cccc(C(N)=O)c3)[C@H](O)[C@@H]2O)[C@@H](O)[C@H]1O)C1C=CC=C1. The molecule has 5 heterocycles. The average molecular weight is 785 g/mol. The van der Waals surface area contributed by atoms with Gasteiger partial charge in [-0.15, -0.1) is 0 Å². The quantitative estimate of drug-likeness (QED) is 0.0733. The van der Waals surface area contributed by atoms with Crippen molar-refractivity contribution in [2.45, 2.75) is 68.5 Å². The van der Waals surface area contributed by atoms with Crippen LogP contribution < -0.4 is 15.2 Å². The van der Waals surface area contributed by atoms with Crippen LogP contribution in [0.3, 0.4) is 0 Å². The number of carbonyl (C=O) groups excluding carboxylic acids is 2. The molecule has 53 heavy (non-hydrogen) atoms. The normalized spacial score (nSPS) is 29.4. The second kappa shape index (κ2) is 15.5. The Balaban J connectivity index is 1.07. The minimum atomic E-state index is -5.44. The highest BCUT2D eigenvalue weighted by Gasteiger charge is 2.50. The van der Waals surface area contributed by atoms with Crippen LogP contribution in [0, 0.1) is 0 Å². The van der Waals surface area contributed by atoms with E-state index in [1.54, 1.807) is 31.2 Å². The molecular weight excluding hydrogens is 748 g/mol. The monoisotopic (exact) mass is 784 g/mol. The number of ether oxygens (including phenoxy) is 2. The van der Waals surface area contributed by atoms with Gasteiger partial charge in [0.25, 0.3) is 12.1 Å². The number of carbonyl (C=O) groups is 2. The Morgan fingerprint density at radius 3 is 2.25 bits per heavy atom. The molecule has 10 atom stereocenters. The summed E-state index contributed by atoms with van der Waals surface area (Å²) in [5.41, 5.74) is 5.63. The number of phosphoric ester groups is 2. The number of allylic oxidation sites excluding steroid dienone is 2. The molecule has 2 aliphatic heterocycles. The molecule has 0 saturated carbocycles. The van der Waals surface area contributed by atoms with Gasteiger partial charge >= 0.3 is 15.6 Å². The van der Waals surface area contributed by atoms with Crippen molar-refractivity contribution in [1.29, 1.82) is 0 Å². The van der Waals surface area contributed by atoms with Gasteiger partial charge in [-0.1, -0.05) is 31.2 Å². The summed E-state index contributed by atoms with van der Waals surface area (Å²) >= 11 is 0. The first kappa shape index (κ1) is 38.9. The zero-order valence-electron chi connectivity index (χ0n) is 27.6. The molecule has 8 N–H and O–H groups in total. The molecule has 1 aliphatic carbocycles. The number of hydrogen-bond donors (Lipinski definition) is 7. The van der Waals surface area contributed by atoms with Crippen LogP contribution in [-0.4, -0.2) is 117 Å². The molecule has 2 unspecified atom stereocenters. The molecule has 0 spiro atoms. The highest BCUT2D eigenvalue weighted by molar-refractivity contribution is 7.61. The summed E-state index contributed by atoms with van der Waals surface area (Å²) in [6.45, 7) is -0.161. The number of pyridine rings is 1. The Bertz CT molecular complexity index is 2000. The van der Waals surface area contributed by atoms with Crippen molar-refractivity contribution in [3.8, 4) is 0 Å². The number of aromatic nitrogens is 5. The Morgan fingerprint density at radius 2 is 1.60 bits per heavy atom. The van der Waals surface area contributed by atoms with Crippen molar-refractivity contribution in [1.82, 2.24) is 19.5 Å². The maximum absolute atomic E-state index is 12.9. The lowest BCUT2D eigenvalue weighted by Gasteiger charge is -2.25. The minimum Gasteiger partial charge on any atom is -0.387 e. The van der Waals surface area contributed by atoms with E-state index in [1.165, 1.54) is 51.2 Å². The standard InChI is InChI=1S/C29H35N7O15P2/c1-2-19(37)36(16-7-3-4-8-16)27-20-26(31-13-32-27)35(14-33-20)29-24(41)22(39)18(50-29)12-48-53(45,46)51-52(43,44)47-11-17-21(38)23(40)28(49-17)34-9-5-6-15(10-34)25(30)42/h3-10,13-14,16-18,21-24,28-29,38-41H,2,11-12H2,1H3,(H3-,30,42,43,44,45,46)/p+1/t17-,18-,21-,22-,23-,24-,28-,29-/m1/s1. The van der Waals surface area contributed by atoms with Crippen molar-refractivity contribution in [2.24, 2.45) is 5.73 Å². The second-order valence-corrected chi connectivity index (χ2v) is 15.0. The van der Waals surface area contributed by atoms with E-state index in [-0.39, 0.29) is 34.9 Å². The Morgan fingerprint density at radius 1 is 0.962 bits per heavy atom. The van der Waals surface area contributed by atoms with E-state index in [9.17, 15) is 48.9 Å². The zero-order chi connectivity index (χ0) is 38.2. The highest BCUT2D eigenvalue weighted by atomic mass is 31.3. The molecule has 0 aromatic carbocycles. The topological polar surface area (TPSA) is 313 Å². The molecule has 3 aromatic heterocycles. The Kier molecular flexibility index (Phi) is 11.3. The predicted octanol–water partition coefficient (Wildman–Crippen LogP) is -1.36. The molecule has 3 aliphatic rings. The van der Waals surface area contributed by atoms with Crippen LogP contribution in [0.15, 0.2) is 61.5 Å². The first-order valence-corrected chi connectivity index (χ1v) is 18.9. The fraction of sp³-hybridized carbons (Fsp3) is 0.448. The number of rotatable bonds is 14. The van der Waals surface area contributed by atoms with Crippen LogP contribution in [0.4, 0.5) is 5.82 Å². The number of anilines is 1. The zero-order valence-corrected chi connectivity index (χ0v) is 29.4. The lowest BCUT2D eigenvalue weighted by atomic mass is 10.1. The number of nitrogens with two attached hydrogens (primary N) is 1. The third-order valence-corrected chi connectivity index (χ3v) is 11.1. The summed E-state index contributed by atoms with van der Waals surface area (Å²) < 4.78 is 52.8. The number of aliphatic hydroxyl groups is 4. The van der Waals surface area contributed by atoms with Crippen LogP contribution in [0.1, 0.15) is 36.2 Å². The number of primary amides is 1. The van der Waals surface area contributed by atoms with Gasteiger partial charge in [0, 0.05) is 12.5 Å². The molecule has 22 nitrogen and oxygen atoms in total. The van der Waals surface area contributed by atoms with Crippen molar-refractivity contribution in [2.75, 3.05) is 18.1 Å². The van der Waals surface area contributed by atoms with Gasteiger partial charge in [-0.3, -0.25) is 28.1 Å². The van der Waals surface area contributed by atoms with E-state index < -0.39 is 89.9 Å². The van der Waals surface area contributed by atoms with Gasteiger partial charge in [-0.25, -0.2) is 24.1 Å². The lowest BCUT2D eigenvalue weighted by molar-refractivity contribution is -0.765. The second-order valence-electron chi connectivity index (χ2n) is 12.0. The van der Waals surface area contributed by atoms with Crippen molar-refractivity contribution >= 4 is 44.4 Å². The summed E-state index contributed by atoms with van der Waals surface area (Å²) in [4.78, 5) is 59.0. The van der Waals surface area contributed by atoms with Gasteiger partial charge in [-0.2, -0.15) is 8.88 Å². The van der Waals surface area contributed by atoms with Crippen LogP contribution >= 0.6 is 15.6 Å². The third-order valence-electron chi connectivity index (χ3n) is 8.52. The molecule has 0 bridgehead atoms. The maximum Gasteiger partial charge on any atom is 0.481 e. The van der Waals surface area contributed by atoms with Crippen LogP contribution in [0.5, 0.6) is 0 Å². The fourth-order valence-corrected chi connectivity index (χ4v) is 8.00. The molecule has 0 radical (unpaired) electrons. The number of phosphoric acid groups is 2. The summed E-state index contributed by atoms with van der Waals surface area (Å²) in [5, 5.41) is 42.4. The van der Waals surface area contributed by atoms with Gasteiger partial charge in [-0.05, 0) is 6.07 Å². The maximum atomic E-state index is 12.9. The number of fused-ring (bicyclic) bond motifs is 1. The predicted molar refractivity (Wildman–Crippen MR) is 175 cm³/mol. The molecule has 2 amide bonds. The van der Waals surface area contributed by atoms with E-state index in [2.05, 4.69) is 19.3 Å². The number of imidazole rings is 1. The average Bonchev–Trinajstić information content (AvgIpc) is 3.91. The molecule has 2 saturated heterocycles. The molecule has 286 valence electrons. The van der Waals surface area contributed by atoms with Gasteiger partial charge in [0.2, 0.25) is 5.91 Å². The van der Waals surface area contributed by atoms with Crippen molar-refractivity contribution < 1.29 is 76.3 Å². The van der Waals surface area contributed by atoms with E-state index in [4.69, 9.17) is 24.3 Å². The van der Waals surface area contributed by atoms with E-state index in [0.29, 0.717) is 0 Å². The number of aliphatic hydroxyl groups excluding tert-OH is 4. The number of hydrogen-bond acceptors (Lipinski definition) is 16. The van der Waals surface area contributed by atoms with Crippen LogP contribution in [-0.2, 0) is 36.8 Å². The van der Waals surface area contributed by atoms with Crippen molar-refractivity contribution in [3.63, 3.8) is 0 Å². The number of nitrogens with zero attached hydrogens (tertiary/aromatic N) is 6. The van der Waals surface area contributed by atoms with E-state index in [0.717, 1.165) is 0 Å². The summed E-state index contributed by atoms with van der Waals surface area (Å²) in [7, 11) is -10.9. The smallest absolute Gasteiger partial charge is 0.387 e. The van der Waals surface area contributed by atoms with Crippen LogP contribution in [0.2, 0.25) is 0 Å². The fourth-order valence-electron chi connectivity index (χ4n) is 5.91. The van der Waals surface area contributed by atoms with Crippen LogP contribution in [0.25, 0.3) is 11.2 Å². The minimum absolute atomic E-state index is 0.0619. The van der Waals surface area contributed by atoms with E-state index >= 15 is 0 Å².